The number of carbonyl (C=O) groups excluding carboxylic acids is 4. The zero-order valence-electron chi connectivity index (χ0n) is 20.7. The summed E-state index contributed by atoms with van der Waals surface area (Å²) in [6.45, 7) is -0.331. The van der Waals surface area contributed by atoms with Crippen molar-refractivity contribution < 1.29 is 34.2 Å². The molecule has 0 saturated heterocycles. The van der Waals surface area contributed by atoms with Crippen molar-refractivity contribution in [2.24, 2.45) is 11.5 Å². The van der Waals surface area contributed by atoms with Gasteiger partial charge < -0.3 is 21.5 Å². The standard InChI is InChI=1S/C23H35IN6O7Se/c24-38-30-16(23(36)37)9-10-19(32)27-11-5-4-8-15(25)21(34)28-17(12-14-6-2-1-3-7-14)22(35)29-18(13-31)20(26)33/h1-3,6-7,15-18,30-31H,4-5,8-13,25H2,(H2,26,33)(H,27,32)(H,28,34)(H,29,35)(H,36,37). The fourth-order valence-electron chi connectivity index (χ4n) is 3.32. The van der Waals surface area contributed by atoms with E-state index in [0.717, 1.165) is 5.56 Å². The van der Waals surface area contributed by atoms with Crippen LogP contribution in [0.15, 0.2) is 30.3 Å². The SMILES string of the molecule is NC(=O)C(CO)NC(=O)C(Cc1ccccc1)NC(=O)C(N)CCCCNC(=O)CCC(N[Se]I)C(=O)O. The number of aliphatic hydroxyl groups excluding tert-OH is 1. The maximum atomic E-state index is 12.7. The number of unbranched alkanes of at least 4 members (excludes halogenated alkanes) is 1. The molecule has 4 amide bonds. The number of amides is 4. The molecule has 4 atom stereocenters. The zero-order valence-corrected chi connectivity index (χ0v) is 24.6. The van der Waals surface area contributed by atoms with Gasteiger partial charge in [0.05, 0.1) is 6.61 Å². The number of halogens is 1. The van der Waals surface area contributed by atoms with Crippen LogP contribution in [0.2, 0.25) is 0 Å². The molecular formula is C23H35IN6O7Se. The summed E-state index contributed by atoms with van der Waals surface area (Å²) >= 11 is 2.00. The van der Waals surface area contributed by atoms with Gasteiger partial charge in [-0.15, -0.1) is 0 Å². The van der Waals surface area contributed by atoms with E-state index in [2.05, 4.69) is 40.6 Å². The number of hydrogen-bond donors (Lipinski definition) is 8. The van der Waals surface area contributed by atoms with Gasteiger partial charge in [0.15, 0.2) is 0 Å². The van der Waals surface area contributed by atoms with Crippen molar-refractivity contribution in [3.05, 3.63) is 35.9 Å². The number of benzene rings is 1. The molecule has 1 rings (SSSR count). The number of rotatable bonds is 19. The van der Waals surface area contributed by atoms with Crippen LogP contribution in [0, 0.1) is 0 Å². The number of nitrogens with one attached hydrogen (secondary N) is 4. The average molecular weight is 713 g/mol. The summed E-state index contributed by atoms with van der Waals surface area (Å²) < 4.78 is 2.85. The third-order valence-electron chi connectivity index (χ3n) is 5.50. The van der Waals surface area contributed by atoms with Gasteiger partial charge in [0.2, 0.25) is 11.8 Å². The van der Waals surface area contributed by atoms with E-state index >= 15 is 0 Å². The first-order valence-corrected chi connectivity index (χ1v) is 18.0. The molecular weight excluding hydrogens is 678 g/mol. The Morgan fingerprint density at radius 3 is 2.18 bits per heavy atom. The fraction of sp³-hybridized carbons (Fsp3) is 0.522. The fourth-order valence-corrected chi connectivity index (χ4v) is 5.59. The van der Waals surface area contributed by atoms with Crippen molar-refractivity contribution >= 4 is 61.9 Å². The number of aliphatic carboxylic acids is 1. The Morgan fingerprint density at radius 1 is 0.947 bits per heavy atom. The van der Waals surface area contributed by atoms with Crippen LogP contribution in [0.5, 0.6) is 0 Å². The van der Waals surface area contributed by atoms with Gasteiger partial charge in [-0.3, -0.25) is 14.4 Å². The van der Waals surface area contributed by atoms with Crippen molar-refractivity contribution in [3.8, 4) is 0 Å². The predicted molar refractivity (Wildman–Crippen MR) is 149 cm³/mol. The predicted octanol–water partition coefficient (Wildman–Crippen LogP) is -1.92. The van der Waals surface area contributed by atoms with Gasteiger partial charge in [-0.1, -0.05) is 30.3 Å². The van der Waals surface area contributed by atoms with Gasteiger partial charge in [-0.25, -0.2) is 0 Å². The molecule has 0 fully saturated rings. The second-order valence-electron chi connectivity index (χ2n) is 8.47. The quantitative estimate of drug-likeness (QED) is 0.0454. The van der Waals surface area contributed by atoms with Gasteiger partial charge >= 0.3 is 131 Å². The van der Waals surface area contributed by atoms with E-state index < -0.39 is 54.5 Å². The van der Waals surface area contributed by atoms with Gasteiger partial charge in [-0.05, 0) is 5.56 Å². The van der Waals surface area contributed by atoms with E-state index in [0.29, 0.717) is 25.8 Å². The number of aliphatic hydroxyl groups is 1. The van der Waals surface area contributed by atoms with Crippen molar-refractivity contribution in [1.29, 1.82) is 0 Å². The molecule has 15 heteroatoms. The molecule has 1 aromatic rings. The maximum absolute atomic E-state index is 12.7. The normalized spacial score (nSPS) is 14.0. The molecule has 13 nitrogen and oxygen atoms in total. The summed E-state index contributed by atoms with van der Waals surface area (Å²) in [6.07, 6.45) is 1.77. The van der Waals surface area contributed by atoms with E-state index in [-0.39, 0.29) is 37.1 Å². The van der Waals surface area contributed by atoms with Crippen molar-refractivity contribution in [2.45, 2.75) is 62.7 Å². The Labute approximate surface area is 238 Å². The molecule has 0 aliphatic carbocycles. The first kappa shape index (κ1) is 33.7. The third kappa shape index (κ3) is 13.5. The second-order valence-corrected chi connectivity index (χ2v) is 11.6. The molecule has 0 saturated carbocycles. The van der Waals surface area contributed by atoms with E-state index in [4.69, 9.17) is 16.6 Å². The number of primary amides is 1. The Balaban J connectivity index is 2.52. The summed E-state index contributed by atoms with van der Waals surface area (Å²) in [7, 11) is 0. The zero-order chi connectivity index (χ0) is 28.5. The molecule has 0 aliphatic rings. The molecule has 0 aromatic heterocycles. The summed E-state index contributed by atoms with van der Waals surface area (Å²) in [5.41, 5.74) is 11.9. The van der Waals surface area contributed by atoms with Crippen LogP contribution in [-0.2, 0) is 30.4 Å². The van der Waals surface area contributed by atoms with Crippen molar-refractivity contribution in [2.75, 3.05) is 13.2 Å². The summed E-state index contributed by atoms with van der Waals surface area (Å²) in [5.74, 6) is -3.40. The molecule has 0 heterocycles. The Bertz CT molecular complexity index is 927. The number of carboxylic acids is 1. The average Bonchev–Trinajstić information content (AvgIpc) is 2.88. The van der Waals surface area contributed by atoms with Gasteiger partial charge in [-0.2, -0.15) is 0 Å². The summed E-state index contributed by atoms with van der Waals surface area (Å²) in [6, 6.07) is 4.91. The van der Waals surface area contributed by atoms with Crippen LogP contribution in [0.1, 0.15) is 37.7 Å². The van der Waals surface area contributed by atoms with Crippen LogP contribution in [0.25, 0.3) is 0 Å². The molecule has 212 valence electrons. The van der Waals surface area contributed by atoms with Gasteiger partial charge in [0, 0.05) is 6.42 Å². The Hall–Kier alpha value is -2.30. The number of hydrogen-bond acceptors (Lipinski definition) is 8. The molecule has 1 aromatic carbocycles. The molecule has 0 radical (unpaired) electrons. The van der Waals surface area contributed by atoms with Crippen LogP contribution >= 0.6 is 20.3 Å². The monoisotopic (exact) mass is 714 g/mol. The first-order valence-electron chi connectivity index (χ1n) is 11.9. The van der Waals surface area contributed by atoms with Crippen LogP contribution in [0.4, 0.5) is 0 Å². The minimum atomic E-state index is -1.29. The molecule has 0 spiro atoms. The van der Waals surface area contributed by atoms with Gasteiger partial charge in [0.1, 0.15) is 12.1 Å². The molecule has 10 N–H and O–H groups in total. The molecule has 4 unspecified atom stereocenters. The summed E-state index contributed by atoms with van der Waals surface area (Å²) in [4.78, 5) is 59.9. The van der Waals surface area contributed by atoms with Gasteiger partial charge in [0.25, 0.3) is 0 Å². The Kier molecular flexibility index (Phi) is 16.7. The van der Waals surface area contributed by atoms with Crippen molar-refractivity contribution in [3.63, 3.8) is 0 Å². The third-order valence-corrected chi connectivity index (χ3v) is 7.61. The van der Waals surface area contributed by atoms with E-state index in [1.165, 1.54) is 0 Å². The van der Waals surface area contributed by atoms with E-state index in [1.54, 1.807) is 30.3 Å². The van der Waals surface area contributed by atoms with E-state index in [9.17, 15) is 29.1 Å². The molecule has 38 heavy (non-hydrogen) atoms. The summed E-state index contributed by atoms with van der Waals surface area (Å²) in [5, 5.41) is 26.1. The topological polar surface area (TPSA) is 226 Å². The van der Waals surface area contributed by atoms with E-state index in [1.807, 2.05) is 0 Å². The number of carboxylic acid groups (broad SMARTS) is 1. The van der Waals surface area contributed by atoms with Crippen molar-refractivity contribution in [1.82, 2.24) is 20.3 Å². The van der Waals surface area contributed by atoms with Crippen LogP contribution < -0.4 is 31.8 Å². The number of carbonyl (C=O) groups is 5. The second kappa shape index (κ2) is 18.9. The van der Waals surface area contributed by atoms with Crippen LogP contribution in [-0.4, -0.2) is 89.1 Å². The Morgan fingerprint density at radius 2 is 1.61 bits per heavy atom. The molecule has 0 aliphatic heterocycles. The number of nitrogens with two attached hydrogens (primary N) is 2. The van der Waals surface area contributed by atoms with Crippen LogP contribution in [0.3, 0.4) is 0 Å². The first-order chi connectivity index (χ1) is 18.1. The minimum absolute atomic E-state index is 0.0565. The molecule has 0 bridgehead atoms.